The highest BCUT2D eigenvalue weighted by molar-refractivity contribution is 5.94. The number of amides is 1. The van der Waals surface area contributed by atoms with Crippen molar-refractivity contribution in [3.05, 3.63) is 59.9 Å². The zero-order valence-corrected chi connectivity index (χ0v) is 13.5. The molecule has 0 N–H and O–H groups in total. The van der Waals surface area contributed by atoms with Crippen LogP contribution in [0.4, 0.5) is 0 Å². The second-order valence-corrected chi connectivity index (χ2v) is 5.36. The molecule has 5 nitrogen and oxygen atoms in total. The Morgan fingerprint density at radius 2 is 2.00 bits per heavy atom. The Balaban J connectivity index is 1.99. The summed E-state index contributed by atoms with van der Waals surface area (Å²) in [6, 6.07) is 12.4. The molecule has 0 fully saturated rings. The standard InChI is InChI=1S/C18H20N2O3/c1-13(21)15-7-6-9-17(11-15)23-14(2)18(22)20(3)12-16-8-4-5-10-19-16/h4-11,14H,12H2,1-3H3. The smallest absolute Gasteiger partial charge is 0.263 e. The van der Waals surface area contributed by atoms with Crippen molar-refractivity contribution in [3.63, 3.8) is 0 Å². The van der Waals surface area contributed by atoms with Gasteiger partial charge in [0.25, 0.3) is 5.91 Å². The lowest BCUT2D eigenvalue weighted by molar-refractivity contribution is -0.137. The van der Waals surface area contributed by atoms with Gasteiger partial charge in [-0.2, -0.15) is 0 Å². The molecule has 0 bridgehead atoms. The fourth-order valence-electron chi connectivity index (χ4n) is 2.17. The summed E-state index contributed by atoms with van der Waals surface area (Å²) in [4.78, 5) is 29.5. The third kappa shape index (κ3) is 4.64. The van der Waals surface area contributed by atoms with Gasteiger partial charge in [-0.3, -0.25) is 14.6 Å². The highest BCUT2D eigenvalue weighted by atomic mass is 16.5. The number of carbonyl (C=O) groups excluding carboxylic acids is 2. The molecule has 2 aromatic rings. The first-order valence-corrected chi connectivity index (χ1v) is 7.40. The Hall–Kier alpha value is -2.69. The van der Waals surface area contributed by atoms with Crippen LogP contribution in [0.2, 0.25) is 0 Å². The topological polar surface area (TPSA) is 59.5 Å². The van der Waals surface area contributed by atoms with E-state index in [1.165, 1.54) is 6.92 Å². The van der Waals surface area contributed by atoms with E-state index in [2.05, 4.69) is 4.98 Å². The minimum absolute atomic E-state index is 0.0401. The van der Waals surface area contributed by atoms with Gasteiger partial charge in [-0.25, -0.2) is 0 Å². The minimum Gasteiger partial charge on any atom is -0.481 e. The molecule has 0 saturated heterocycles. The van der Waals surface area contributed by atoms with Gasteiger partial charge >= 0.3 is 0 Å². The number of ether oxygens (including phenoxy) is 1. The lowest BCUT2D eigenvalue weighted by Gasteiger charge is -2.22. The van der Waals surface area contributed by atoms with Crippen molar-refractivity contribution < 1.29 is 14.3 Å². The number of pyridine rings is 1. The SMILES string of the molecule is CC(=O)c1cccc(OC(C)C(=O)N(C)Cc2ccccn2)c1. The van der Waals surface area contributed by atoms with Crippen LogP contribution in [0.5, 0.6) is 5.75 Å². The van der Waals surface area contributed by atoms with Crippen molar-refractivity contribution in [2.45, 2.75) is 26.5 Å². The number of benzene rings is 1. The van der Waals surface area contributed by atoms with E-state index in [0.717, 1.165) is 5.69 Å². The second-order valence-electron chi connectivity index (χ2n) is 5.36. The Bertz CT molecular complexity index is 686. The van der Waals surface area contributed by atoms with E-state index in [9.17, 15) is 9.59 Å². The maximum Gasteiger partial charge on any atom is 0.263 e. The van der Waals surface area contributed by atoms with Crippen LogP contribution in [0, 0.1) is 0 Å². The van der Waals surface area contributed by atoms with E-state index >= 15 is 0 Å². The summed E-state index contributed by atoms with van der Waals surface area (Å²) in [5.74, 6) is 0.315. The summed E-state index contributed by atoms with van der Waals surface area (Å²) in [5, 5.41) is 0. The van der Waals surface area contributed by atoms with Crippen LogP contribution in [-0.2, 0) is 11.3 Å². The molecular weight excluding hydrogens is 292 g/mol. The molecule has 2 rings (SSSR count). The van der Waals surface area contributed by atoms with Gasteiger partial charge < -0.3 is 9.64 Å². The van der Waals surface area contributed by atoms with Gasteiger partial charge in [-0.15, -0.1) is 0 Å². The minimum atomic E-state index is -0.647. The number of carbonyl (C=O) groups is 2. The molecule has 0 aliphatic heterocycles. The Kier molecular flexibility index (Phi) is 5.46. The maximum absolute atomic E-state index is 12.4. The molecule has 0 aliphatic rings. The predicted molar refractivity (Wildman–Crippen MR) is 87.2 cm³/mol. The zero-order valence-electron chi connectivity index (χ0n) is 13.5. The van der Waals surface area contributed by atoms with E-state index < -0.39 is 6.10 Å². The summed E-state index contributed by atoms with van der Waals surface area (Å²) in [5.41, 5.74) is 1.37. The molecule has 0 spiro atoms. The van der Waals surface area contributed by atoms with Crippen molar-refractivity contribution in [1.82, 2.24) is 9.88 Å². The first-order valence-electron chi connectivity index (χ1n) is 7.40. The van der Waals surface area contributed by atoms with E-state index in [0.29, 0.717) is 17.9 Å². The quantitative estimate of drug-likeness (QED) is 0.770. The van der Waals surface area contributed by atoms with Crippen LogP contribution in [0.15, 0.2) is 48.7 Å². The van der Waals surface area contributed by atoms with E-state index in [4.69, 9.17) is 4.74 Å². The van der Waals surface area contributed by atoms with Crippen LogP contribution in [-0.4, -0.2) is 34.7 Å². The number of hydrogen-bond donors (Lipinski definition) is 0. The number of nitrogens with zero attached hydrogens (tertiary/aromatic N) is 2. The molecule has 0 aliphatic carbocycles. The third-order valence-electron chi connectivity index (χ3n) is 3.40. The van der Waals surface area contributed by atoms with Crippen molar-refractivity contribution in [2.75, 3.05) is 7.05 Å². The summed E-state index contributed by atoms with van der Waals surface area (Å²) in [7, 11) is 1.71. The van der Waals surface area contributed by atoms with Gasteiger partial charge in [-0.1, -0.05) is 18.2 Å². The van der Waals surface area contributed by atoms with Crippen molar-refractivity contribution in [3.8, 4) is 5.75 Å². The summed E-state index contributed by atoms with van der Waals surface area (Å²) >= 11 is 0. The van der Waals surface area contributed by atoms with Gasteiger partial charge in [0.1, 0.15) is 5.75 Å². The van der Waals surface area contributed by atoms with Gasteiger partial charge in [0, 0.05) is 18.8 Å². The lowest BCUT2D eigenvalue weighted by Crippen LogP contribution is -2.37. The molecular formula is C18H20N2O3. The van der Waals surface area contributed by atoms with Gasteiger partial charge in [0.2, 0.25) is 0 Å². The average Bonchev–Trinajstić information content (AvgIpc) is 2.55. The van der Waals surface area contributed by atoms with Crippen LogP contribution in [0.25, 0.3) is 0 Å². The molecule has 1 amide bonds. The first kappa shape index (κ1) is 16.7. The second kappa shape index (κ2) is 7.54. The molecule has 1 heterocycles. The average molecular weight is 312 g/mol. The molecule has 5 heteroatoms. The number of aromatic nitrogens is 1. The lowest BCUT2D eigenvalue weighted by atomic mass is 10.1. The zero-order chi connectivity index (χ0) is 16.8. The van der Waals surface area contributed by atoms with Crippen molar-refractivity contribution in [2.24, 2.45) is 0 Å². The highest BCUT2D eigenvalue weighted by Crippen LogP contribution is 2.16. The van der Waals surface area contributed by atoms with E-state index in [1.54, 1.807) is 49.3 Å². The van der Waals surface area contributed by atoms with E-state index in [-0.39, 0.29) is 11.7 Å². The summed E-state index contributed by atoms with van der Waals surface area (Å²) in [6.07, 6.45) is 1.05. The monoisotopic (exact) mass is 312 g/mol. The Morgan fingerprint density at radius 1 is 1.22 bits per heavy atom. The van der Waals surface area contributed by atoms with Crippen LogP contribution in [0.1, 0.15) is 29.9 Å². The molecule has 1 atom stereocenters. The number of Topliss-reactive ketones (excluding diaryl/α,β-unsaturated/α-hetero) is 1. The predicted octanol–water partition coefficient (Wildman–Crippen LogP) is 2.71. The third-order valence-corrected chi connectivity index (χ3v) is 3.40. The molecule has 120 valence electrons. The highest BCUT2D eigenvalue weighted by Gasteiger charge is 2.19. The number of likely N-dealkylation sites (N-methyl/N-ethyl adjacent to an activating group) is 1. The number of hydrogen-bond acceptors (Lipinski definition) is 4. The van der Waals surface area contributed by atoms with Gasteiger partial charge in [0.05, 0.1) is 12.2 Å². The summed E-state index contributed by atoms with van der Waals surface area (Å²) < 4.78 is 5.66. The van der Waals surface area contributed by atoms with Crippen LogP contribution >= 0.6 is 0 Å². The van der Waals surface area contributed by atoms with Crippen molar-refractivity contribution in [1.29, 1.82) is 0 Å². The molecule has 23 heavy (non-hydrogen) atoms. The fourth-order valence-corrected chi connectivity index (χ4v) is 2.17. The summed E-state index contributed by atoms with van der Waals surface area (Å²) in [6.45, 7) is 3.60. The van der Waals surface area contributed by atoms with E-state index in [1.807, 2.05) is 18.2 Å². The normalized spacial score (nSPS) is 11.6. The van der Waals surface area contributed by atoms with Gasteiger partial charge in [-0.05, 0) is 38.1 Å². The number of ketones is 1. The van der Waals surface area contributed by atoms with Crippen LogP contribution < -0.4 is 4.74 Å². The van der Waals surface area contributed by atoms with Crippen LogP contribution in [0.3, 0.4) is 0 Å². The molecule has 1 aromatic heterocycles. The van der Waals surface area contributed by atoms with Gasteiger partial charge in [0.15, 0.2) is 11.9 Å². The maximum atomic E-state index is 12.4. The Labute approximate surface area is 135 Å². The molecule has 0 saturated carbocycles. The molecule has 0 radical (unpaired) electrons. The largest absolute Gasteiger partial charge is 0.481 e. The first-order chi connectivity index (χ1) is 11.0. The Morgan fingerprint density at radius 3 is 2.65 bits per heavy atom. The number of rotatable bonds is 6. The molecule has 1 aromatic carbocycles. The molecule has 1 unspecified atom stereocenters. The fraction of sp³-hybridized carbons (Fsp3) is 0.278. The van der Waals surface area contributed by atoms with Crippen molar-refractivity contribution >= 4 is 11.7 Å².